The topological polar surface area (TPSA) is 88.3 Å². The summed E-state index contributed by atoms with van der Waals surface area (Å²) in [5, 5.41) is 0. The van der Waals surface area contributed by atoms with E-state index in [-0.39, 0.29) is 0 Å². The first kappa shape index (κ1) is 10.7. The zero-order chi connectivity index (χ0) is 10.8. The molecule has 1 aromatic heterocycles. The molecule has 78 valence electrons. The summed E-state index contributed by atoms with van der Waals surface area (Å²) >= 11 is 0. The Labute approximate surface area is 82.9 Å². The number of anilines is 2. The number of nitrogens with one attached hydrogen (secondary N) is 1. The summed E-state index contributed by atoms with van der Waals surface area (Å²) in [6, 6.07) is 1.53. The molecule has 1 aromatic rings. The number of aromatic nitrogens is 1. The molecule has 0 radical (unpaired) electrons. The summed E-state index contributed by atoms with van der Waals surface area (Å²) in [4.78, 5) is 3.77. The van der Waals surface area contributed by atoms with Crippen molar-refractivity contribution in [1.82, 2.24) is 9.71 Å². The van der Waals surface area contributed by atoms with Gasteiger partial charge in [-0.15, -0.1) is 0 Å². The number of pyridine rings is 1. The molecule has 0 aliphatic rings. The molecule has 14 heavy (non-hydrogen) atoms. The van der Waals surface area contributed by atoms with Crippen LogP contribution in [0.3, 0.4) is 0 Å². The van der Waals surface area contributed by atoms with Crippen molar-refractivity contribution in [1.29, 1.82) is 0 Å². The highest BCUT2D eigenvalue weighted by Gasteiger charge is 2.17. The molecule has 1 heterocycles. The Balaban J connectivity index is 3.14. The molecule has 0 amide bonds. The van der Waals surface area contributed by atoms with E-state index in [4.69, 9.17) is 5.73 Å². The van der Waals surface area contributed by atoms with Crippen LogP contribution in [0.5, 0.6) is 0 Å². The van der Waals surface area contributed by atoms with E-state index in [1.165, 1.54) is 32.6 Å². The van der Waals surface area contributed by atoms with E-state index in [1.54, 1.807) is 0 Å². The smallest absolute Gasteiger partial charge is 0.301 e. The molecule has 0 atom stereocenters. The maximum Gasteiger partial charge on any atom is 0.301 e. The summed E-state index contributed by atoms with van der Waals surface area (Å²) in [7, 11) is -0.747. The average molecular weight is 216 g/mol. The van der Waals surface area contributed by atoms with Crippen LogP contribution >= 0.6 is 0 Å². The van der Waals surface area contributed by atoms with Gasteiger partial charge in [-0.05, 0) is 6.07 Å². The zero-order valence-electron chi connectivity index (χ0n) is 7.93. The van der Waals surface area contributed by atoms with Gasteiger partial charge >= 0.3 is 10.2 Å². The van der Waals surface area contributed by atoms with Crippen LogP contribution in [-0.2, 0) is 10.2 Å². The molecule has 6 nitrogen and oxygen atoms in total. The van der Waals surface area contributed by atoms with Crippen molar-refractivity contribution in [2.45, 2.75) is 0 Å². The van der Waals surface area contributed by atoms with Crippen molar-refractivity contribution in [3.63, 3.8) is 0 Å². The quantitative estimate of drug-likeness (QED) is 0.717. The van der Waals surface area contributed by atoms with Gasteiger partial charge in [0, 0.05) is 20.3 Å². The minimum absolute atomic E-state index is 0.314. The SMILES string of the molecule is CNS(=O)(=O)N(C)c1ccncc1N. The monoisotopic (exact) mass is 216 g/mol. The highest BCUT2D eigenvalue weighted by atomic mass is 32.2. The van der Waals surface area contributed by atoms with Crippen LogP contribution in [0.15, 0.2) is 18.5 Å². The van der Waals surface area contributed by atoms with E-state index in [0.29, 0.717) is 11.4 Å². The summed E-state index contributed by atoms with van der Waals surface area (Å²) in [6.07, 6.45) is 2.88. The third-order valence-corrected chi connectivity index (χ3v) is 3.22. The van der Waals surface area contributed by atoms with Gasteiger partial charge in [-0.3, -0.25) is 9.29 Å². The Kier molecular flexibility index (Phi) is 2.92. The predicted molar refractivity (Wildman–Crippen MR) is 55.0 cm³/mol. The summed E-state index contributed by atoms with van der Waals surface area (Å²) in [5.41, 5.74) is 6.29. The van der Waals surface area contributed by atoms with E-state index in [0.717, 1.165) is 4.31 Å². The van der Waals surface area contributed by atoms with Crippen molar-refractivity contribution < 1.29 is 8.42 Å². The minimum atomic E-state index is -3.50. The highest BCUT2D eigenvalue weighted by Crippen LogP contribution is 2.21. The van der Waals surface area contributed by atoms with Crippen LogP contribution in [0.1, 0.15) is 0 Å². The molecule has 1 rings (SSSR count). The van der Waals surface area contributed by atoms with Crippen molar-refractivity contribution >= 4 is 21.6 Å². The standard InChI is InChI=1S/C7H12N4O2S/c1-9-14(12,13)11(2)7-3-4-10-5-6(7)8/h3-5,9H,8H2,1-2H3. The lowest BCUT2D eigenvalue weighted by Crippen LogP contribution is -2.36. The molecule has 0 bridgehead atoms. The Hall–Kier alpha value is -1.34. The lowest BCUT2D eigenvalue weighted by atomic mass is 10.3. The second kappa shape index (κ2) is 3.81. The first-order chi connectivity index (χ1) is 6.49. The van der Waals surface area contributed by atoms with E-state index in [9.17, 15) is 8.42 Å². The number of nitrogens with two attached hydrogens (primary N) is 1. The summed E-state index contributed by atoms with van der Waals surface area (Å²) < 4.78 is 26.0. The summed E-state index contributed by atoms with van der Waals surface area (Å²) in [6.45, 7) is 0. The van der Waals surface area contributed by atoms with Crippen LogP contribution in [0.2, 0.25) is 0 Å². The van der Waals surface area contributed by atoms with Gasteiger partial charge < -0.3 is 5.73 Å². The molecule has 0 fully saturated rings. The normalized spacial score (nSPS) is 11.3. The third-order valence-electron chi connectivity index (χ3n) is 1.79. The van der Waals surface area contributed by atoms with Gasteiger partial charge in [0.15, 0.2) is 0 Å². The maximum absolute atomic E-state index is 11.4. The number of rotatable bonds is 3. The van der Waals surface area contributed by atoms with Gasteiger partial charge in [0.05, 0.1) is 17.6 Å². The van der Waals surface area contributed by atoms with Gasteiger partial charge in [-0.25, -0.2) is 4.72 Å². The van der Waals surface area contributed by atoms with Crippen LogP contribution in [0, 0.1) is 0 Å². The Morgan fingerprint density at radius 2 is 2.21 bits per heavy atom. The van der Waals surface area contributed by atoms with E-state index in [2.05, 4.69) is 9.71 Å². The predicted octanol–water partition coefficient (Wildman–Crippen LogP) is -0.436. The van der Waals surface area contributed by atoms with Gasteiger partial charge in [0.2, 0.25) is 0 Å². The van der Waals surface area contributed by atoms with Gasteiger partial charge in [0.1, 0.15) is 0 Å². The molecule has 0 saturated carbocycles. The second-order valence-electron chi connectivity index (χ2n) is 2.61. The molecular weight excluding hydrogens is 204 g/mol. The van der Waals surface area contributed by atoms with E-state index in [1.807, 2.05) is 0 Å². The molecule has 3 N–H and O–H groups in total. The van der Waals surface area contributed by atoms with Crippen LogP contribution in [0.4, 0.5) is 11.4 Å². The van der Waals surface area contributed by atoms with Gasteiger partial charge in [-0.1, -0.05) is 0 Å². The number of nitrogen functional groups attached to an aromatic ring is 1. The molecule has 0 aromatic carbocycles. The Morgan fingerprint density at radius 1 is 1.57 bits per heavy atom. The van der Waals surface area contributed by atoms with Gasteiger partial charge in [-0.2, -0.15) is 8.42 Å². The van der Waals surface area contributed by atoms with E-state index >= 15 is 0 Å². The Morgan fingerprint density at radius 3 is 2.71 bits per heavy atom. The molecule has 7 heteroatoms. The molecular formula is C7H12N4O2S. The van der Waals surface area contributed by atoms with E-state index < -0.39 is 10.2 Å². The lowest BCUT2D eigenvalue weighted by Gasteiger charge is -2.19. The minimum Gasteiger partial charge on any atom is -0.396 e. The number of hydrogen-bond acceptors (Lipinski definition) is 4. The Bertz CT molecular complexity index is 417. The largest absolute Gasteiger partial charge is 0.396 e. The van der Waals surface area contributed by atoms with Crippen molar-refractivity contribution in [2.24, 2.45) is 0 Å². The molecule has 0 saturated heterocycles. The molecule has 0 unspecified atom stereocenters. The van der Waals surface area contributed by atoms with Crippen LogP contribution < -0.4 is 14.8 Å². The average Bonchev–Trinajstić information content (AvgIpc) is 2.17. The third kappa shape index (κ3) is 1.94. The second-order valence-corrected chi connectivity index (χ2v) is 4.52. The van der Waals surface area contributed by atoms with Crippen molar-refractivity contribution in [3.8, 4) is 0 Å². The summed E-state index contributed by atoms with van der Waals surface area (Å²) in [5.74, 6) is 0. The fraction of sp³-hybridized carbons (Fsp3) is 0.286. The zero-order valence-corrected chi connectivity index (χ0v) is 8.75. The first-order valence-corrected chi connectivity index (χ1v) is 5.30. The molecule has 0 aliphatic carbocycles. The van der Waals surface area contributed by atoms with Crippen molar-refractivity contribution in [2.75, 3.05) is 24.1 Å². The molecule has 0 aliphatic heterocycles. The van der Waals surface area contributed by atoms with Crippen molar-refractivity contribution in [3.05, 3.63) is 18.5 Å². The van der Waals surface area contributed by atoms with Crippen LogP contribution in [-0.4, -0.2) is 27.5 Å². The van der Waals surface area contributed by atoms with Crippen LogP contribution in [0.25, 0.3) is 0 Å². The fourth-order valence-corrected chi connectivity index (χ4v) is 1.65. The number of nitrogens with zero attached hydrogens (tertiary/aromatic N) is 2. The first-order valence-electron chi connectivity index (χ1n) is 3.86. The lowest BCUT2D eigenvalue weighted by molar-refractivity contribution is 0.586. The van der Waals surface area contributed by atoms with Gasteiger partial charge in [0.25, 0.3) is 0 Å². The molecule has 0 spiro atoms. The fourth-order valence-electron chi connectivity index (χ4n) is 0.953. The maximum atomic E-state index is 11.4. The highest BCUT2D eigenvalue weighted by molar-refractivity contribution is 7.90. The number of hydrogen-bond donors (Lipinski definition) is 2.